The minimum Gasteiger partial charge on any atom is -0.245 e. The third-order valence-electron chi connectivity index (χ3n) is 3.10. The van der Waals surface area contributed by atoms with Crippen molar-refractivity contribution >= 4 is 11.8 Å². The number of hydrogen-bond acceptors (Lipinski definition) is 4. The van der Waals surface area contributed by atoms with E-state index in [1.54, 1.807) is 17.8 Å². The highest BCUT2D eigenvalue weighted by Gasteiger charge is 2.16. The molecule has 1 atom stereocenters. The van der Waals surface area contributed by atoms with Crippen LogP contribution in [-0.2, 0) is 0 Å². The van der Waals surface area contributed by atoms with Gasteiger partial charge in [0.1, 0.15) is 11.1 Å². The maximum absolute atomic E-state index is 9.24. The molecule has 2 rings (SSSR count). The third kappa shape index (κ3) is 4.26. The largest absolute Gasteiger partial charge is 0.245 e. The SMILES string of the molecule is Cc1ccc(C#N)c(S[C@H](CCN=[N+]=[N-])c2ccccc2)n1. The zero-order valence-corrected chi connectivity index (χ0v) is 13.0. The minimum atomic E-state index is 0.0908. The number of nitriles is 1. The quantitative estimate of drug-likeness (QED) is 0.332. The summed E-state index contributed by atoms with van der Waals surface area (Å²) in [6.45, 7) is 2.32. The second-order valence-electron chi connectivity index (χ2n) is 4.68. The number of aromatic nitrogens is 1. The van der Waals surface area contributed by atoms with Crippen LogP contribution in [0.5, 0.6) is 0 Å². The molecule has 0 saturated heterocycles. The summed E-state index contributed by atoms with van der Waals surface area (Å²) in [6.07, 6.45) is 0.694. The number of rotatable bonds is 6. The van der Waals surface area contributed by atoms with E-state index in [0.717, 1.165) is 16.3 Å². The van der Waals surface area contributed by atoms with Gasteiger partial charge in [-0.05, 0) is 36.6 Å². The van der Waals surface area contributed by atoms with Crippen LogP contribution in [0, 0.1) is 18.3 Å². The molecule has 1 heterocycles. The monoisotopic (exact) mass is 309 g/mol. The van der Waals surface area contributed by atoms with Crippen molar-refractivity contribution < 1.29 is 0 Å². The third-order valence-corrected chi connectivity index (χ3v) is 4.43. The van der Waals surface area contributed by atoms with Gasteiger partial charge < -0.3 is 0 Å². The second-order valence-corrected chi connectivity index (χ2v) is 5.87. The summed E-state index contributed by atoms with van der Waals surface area (Å²) >= 11 is 1.54. The van der Waals surface area contributed by atoms with Gasteiger partial charge in [-0.3, -0.25) is 0 Å². The second kappa shape index (κ2) is 8.08. The molecule has 0 amide bonds. The van der Waals surface area contributed by atoms with E-state index in [0.29, 0.717) is 18.5 Å². The van der Waals surface area contributed by atoms with Gasteiger partial charge in [0.2, 0.25) is 0 Å². The van der Waals surface area contributed by atoms with E-state index in [1.807, 2.05) is 43.3 Å². The molecule has 22 heavy (non-hydrogen) atoms. The van der Waals surface area contributed by atoms with E-state index >= 15 is 0 Å². The first-order chi connectivity index (χ1) is 10.7. The van der Waals surface area contributed by atoms with E-state index in [9.17, 15) is 5.26 Å². The molecular formula is C16H15N5S. The number of nitrogens with zero attached hydrogens (tertiary/aromatic N) is 5. The molecule has 0 unspecified atom stereocenters. The van der Waals surface area contributed by atoms with Gasteiger partial charge in [0.15, 0.2) is 0 Å². The highest BCUT2D eigenvalue weighted by molar-refractivity contribution is 7.99. The average Bonchev–Trinajstić information content (AvgIpc) is 2.55. The lowest BCUT2D eigenvalue weighted by Crippen LogP contribution is -1.99. The first-order valence-corrected chi connectivity index (χ1v) is 7.72. The van der Waals surface area contributed by atoms with Crippen LogP contribution in [0.2, 0.25) is 0 Å². The maximum Gasteiger partial charge on any atom is 0.115 e. The van der Waals surface area contributed by atoms with Crippen LogP contribution in [0.15, 0.2) is 52.6 Å². The molecule has 0 aliphatic rings. The Balaban J connectivity index is 2.28. The normalized spacial score (nSPS) is 11.3. The first-order valence-electron chi connectivity index (χ1n) is 6.85. The Morgan fingerprint density at radius 1 is 1.32 bits per heavy atom. The van der Waals surface area contributed by atoms with Gasteiger partial charge in [0.05, 0.1) is 5.56 Å². The number of thioether (sulfide) groups is 1. The Hall–Kier alpha value is -2.48. The van der Waals surface area contributed by atoms with Crippen molar-refractivity contribution in [3.63, 3.8) is 0 Å². The Bertz CT molecular complexity index is 717. The molecular weight excluding hydrogens is 294 g/mol. The average molecular weight is 309 g/mol. The van der Waals surface area contributed by atoms with E-state index < -0.39 is 0 Å². The summed E-state index contributed by atoms with van der Waals surface area (Å²) in [4.78, 5) is 7.28. The first kappa shape index (κ1) is 15.9. The Morgan fingerprint density at radius 3 is 2.77 bits per heavy atom. The fourth-order valence-electron chi connectivity index (χ4n) is 2.02. The van der Waals surface area contributed by atoms with Crippen molar-refractivity contribution in [1.29, 1.82) is 5.26 Å². The van der Waals surface area contributed by atoms with E-state index in [4.69, 9.17) is 5.53 Å². The van der Waals surface area contributed by atoms with Gasteiger partial charge in [-0.15, -0.1) is 0 Å². The number of benzene rings is 1. The van der Waals surface area contributed by atoms with Crippen molar-refractivity contribution in [2.24, 2.45) is 5.11 Å². The number of hydrogen-bond donors (Lipinski definition) is 0. The fraction of sp³-hybridized carbons (Fsp3) is 0.250. The minimum absolute atomic E-state index is 0.0908. The summed E-state index contributed by atoms with van der Waals surface area (Å²) in [7, 11) is 0. The lowest BCUT2D eigenvalue weighted by Gasteiger charge is -2.16. The Morgan fingerprint density at radius 2 is 2.09 bits per heavy atom. The van der Waals surface area contributed by atoms with Gasteiger partial charge in [0, 0.05) is 22.4 Å². The van der Waals surface area contributed by atoms with Gasteiger partial charge in [-0.1, -0.05) is 47.2 Å². The van der Waals surface area contributed by atoms with Crippen molar-refractivity contribution in [1.82, 2.24) is 4.98 Å². The summed E-state index contributed by atoms with van der Waals surface area (Å²) < 4.78 is 0. The van der Waals surface area contributed by atoms with Gasteiger partial charge in [-0.25, -0.2) is 4.98 Å². The highest BCUT2D eigenvalue weighted by Crippen LogP contribution is 2.38. The molecule has 2 aromatic rings. The maximum atomic E-state index is 9.24. The molecule has 0 spiro atoms. The lowest BCUT2D eigenvalue weighted by molar-refractivity contribution is 0.806. The molecule has 0 aliphatic heterocycles. The van der Waals surface area contributed by atoms with E-state index in [1.165, 1.54) is 0 Å². The molecule has 0 saturated carbocycles. The van der Waals surface area contributed by atoms with Crippen molar-refractivity contribution in [2.45, 2.75) is 23.6 Å². The smallest absolute Gasteiger partial charge is 0.115 e. The topological polar surface area (TPSA) is 85.4 Å². The zero-order valence-electron chi connectivity index (χ0n) is 12.2. The predicted molar refractivity (Wildman–Crippen MR) is 87.4 cm³/mol. The molecule has 5 nitrogen and oxygen atoms in total. The Labute approximate surface area is 133 Å². The molecule has 0 bridgehead atoms. The van der Waals surface area contributed by atoms with E-state index in [2.05, 4.69) is 21.1 Å². The summed E-state index contributed by atoms with van der Waals surface area (Å²) in [5.74, 6) is 0. The van der Waals surface area contributed by atoms with Crippen LogP contribution in [0.4, 0.5) is 0 Å². The molecule has 0 N–H and O–H groups in total. The van der Waals surface area contributed by atoms with Crippen LogP contribution < -0.4 is 0 Å². The molecule has 0 aliphatic carbocycles. The molecule has 0 radical (unpaired) electrons. The fourth-order valence-corrected chi connectivity index (χ4v) is 3.25. The number of azide groups is 1. The van der Waals surface area contributed by atoms with Crippen LogP contribution in [0.25, 0.3) is 10.4 Å². The lowest BCUT2D eigenvalue weighted by atomic mass is 10.1. The zero-order chi connectivity index (χ0) is 15.8. The predicted octanol–water partition coefficient (Wildman–Crippen LogP) is 4.80. The molecule has 0 fully saturated rings. The van der Waals surface area contributed by atoms with Crippen LogP contribution >= 0.6 is 11.8 Å². The summed E-state index contributed by atoms with van der Waals surface area (Å²) in [5, 5.41) is 13.7. The van der Waals surface area contributed by atoms with Gasteiger partial charge in [0.25, 0.3) is 0 Å². The van der Waals surface area contributed by atoms with Crippen LogP contribution in [0.3, 0.4) is 0 Å². The molecule has 1 aromatic heterocycles. The van der Waals surface area contributed by atoms with Crippen LogP contribution in [0.1, 0.15) is 28.5 Å². The van der Waals surface area contributed by atoms with Crippen molar-refractivity contribution in [3.8, 4) is 6.07 Å². The van der Waals surface area contributed by atoms with E-state index in [-0.39, 0.29) is 5.25 Å². The molecule has 6 heteroatoms. The van der Waals surface area contributed by atoms with Crippen LogP contribution in [-0.4, -0.2) is 11.5 Å². The Kier molecular flexibility index (Phi) is 5.84. The number of pyridine rings is 1. The summed E-state index contributed by atoms with van der Waals surface area (Å²) in [5.41, 5.74) is 11.0. The van der Waals surface area contributed by atoms with Crippen molar-refractivity contribution in [2.75, 3.05) is 6.54 Å². The van der Waals surface area contributed by atoms with Gasteiger partial charge in [-0.2, -0.15) is 5.26 Å². The standard InChI is InChI=1S/C16H15N5S/c1-12-7-8-14(11-17)16(20-12)22-15(9-10-19-21-18)13-5-3-2-4-6-13/h2-8,15H,9-10H2,1H3/t15-/m1/s1. The van der Waals surface area contributed by atoms with Crippen molar-refractivity contribution in [3.05, 3.63) is 69.7 Å². The molecule has 110 valence electrons. The molecule has 1 aromatic carbocycles. The number of aryl methyl sites for hydroxylation is 1. The summed E-state index contributed by atoms with van der Waals surface area (Å²) in [6, 6.07) is 15.8. The van der Waals surface area contributed by atoms with Gasteiger partial charge >= 0.3 is 0 Å². The highest BCUT2D eigenvalue weighted by atomic mass is 32.2.